The molecular weight excluding hydrogens is 832 g/mol. The Labute approximate surface area is 374 Å². The number of rotatable bonds is 19. The van der Waals surface area contributed by atoms with Crippen LogP contribution in [0.15, 0.2) is 122 Å². The maximum Gasteiger partial charge on any atom is 0.259 e. The van der Waals surface area contributed by atoms with Crippen molar-refractivity contribution < 1.29 is 32.8 Å². The lowest BCUT2D eigenvalue weighted by Crippen LogP contribution is -2.41. The fourth-order valence-electron chi connectivity index (χ4n) is 7.96. The highest BCUT2D eigenvalue weighted by atomic mass is 31.2. The van der Waals surface area contributed by atoms with Gasteiger partial charge in [0.25, 0.3) is 14.4 Å². The maximum atomic E-state index is 13.2. The molecule has 4 aromatic carbocycles. The van der Waals surface area contributed by atoms with Crippen molar-refractivity contribution in [2.45, 2.75) is 70.2 Å². The van der Waals surface area contributed by atoms with Crippen molar-refractivity contribution in [3.63, 3.8) is 0 Å². The highest BCUT2D eigenvalue weighted by molar-refractivity contribution is 7.44. The molecule has 1 saturated heterocycles. The summed E-state index contributed by atoms with van der Waals surface area (Å²) in [5, 5.41) is 23.5. The van der Waals surface area contributed by atoms with Crippen LogP contribution in [-0.4, -0.2) is 81.8 Å². The van der Waals surface area contributed by atoms with E-state index >= 15 is 0 Å². The van der Waals surface area contributed by atoms with Gasteiger partial charge in [-0.05, 0) is 80.8 Å². The van der Waals surface area contributed by atoms with Crippen molar-refractivity contribution in [3.8, 4) is 23.6 Å². The van der Waals surface area contributed by atoms with E-state index in [2.05, 4.69) is 37.1 Å². The number of nitrogens with one attached hydrogen (secondary N) is 1. The number of carbonyl (C=O) groups excluding carboxylic acids is 1. The van der Waals surface area contributed by atoms with Gasteiger partial charge in [0.2, 0.25) is 0 Å². The van der Waals surface area contributed by atoms with Gasteiger partial charge in [-0.3, -0.25) is 9.36 Å². The highest BCUT2D eigenvalue weighted by Gasteiger charge is 2.51. The summed E-state index contributed by atoms with van der Waals surface area (Å²) in [5.74, 6) is 0.227. The zero-order valence-corrected chi connectivity index (χ0v) is 37.5. The summed E-state index contributed by atoms with van der Waals surface area (Å²) in [5.41, 5.74) is 2.32. The molecule has 15 nitrogen and oxygen atoms in total. The number of hydrogen-bond donors (Lipinski definition) is 1. The molecule has 2 aromatic heterocycles. The smallest absolute Gasteiger partial charge is 0.259 e. The lowest BCUT2D eigenvalue weighted by Gasteiger charge is -2.39. The minimum absolute atomic E-state index is 0.0174. The first-order chi connectivity index (χ1) is 31.1. The first-order valence-corrected chi connectivity index (χ1v) is 22.1. The van der Waals surface area contributed by atoms with E-state index in [1.807, 2.05) is 113 Å². The van der Waals surface area contributed by atoms with E-state index in [-0.39, 0.29) is 43.4 Å². The lowest BCUT2D eigenvalue weighted by atomic mass is 9.80. The Kier molecular flexibility index (Phi) is 15.0. The minimum Gasteiger partial charge on any atom is -0.497 e. The maximum absolute atomic E-state index is 13.2. The Balaban J connectivity index is 1.33. The molecule has 1 unspecified atom stereocenters. The van der Waals surface area contributed by atoms with E-state index in [4.69, 9.17) is 28.0 Å². The molecule has 1 amide bonds. The second-order valence-electron chi connectivity index (χ2n) is 15.5. The van der Waals surface area contributed by atoms with E-state index in [9.17, 15) is 15.3 Å². The second kappa shape index (κ2) is 20.9. The standard InChI is InChI=1S/C48H51N8O7P/c1-32(2)56(33(3)4)64(61-27-13-26-49)63-43-40(28-50)47(55-31-53-42-44(51-30-52-45(42)55)54-46(57)34-14-9-7-10-15-34)62-41(43)29-60-48(35-16-11-8-12-17-35,36-18-22-38(58-5)23-19-36)37-20-24-39(59-6)25-21-37/h7-12,14-25,30-33,40-41,43,47H,13,27,29H2,1-6H3,(H,51,52,54,57)/t40-,41-,43+,47-,64?/m1/s1. The van der Waals surface area contributed by atoms with Gasteiger partial charge in [-0.25, -0.2) is 19.6 Å². The molecule has 5 atom stereocenters. The molecule has 1 N–H and O–H groups in total. The summed E-state index contributed by atoms with van der Waals surface area (Å²) in [4.78, 5) is 26.8. The first kappa shape index (κ1) is 45.7. The highest BCUT2D eigenvalue weighted by Crippen LogP contribution is 2.52. The summed E-state index contributed by atoms with van der Waals surface area (Å²) in [7, 11) is 1.39. The van der Waals surface area contributed by atoms with Gasteiger partial charge in [-0.2, -0.15) is 10.5 Å². The van der Waals surface area contributed by atoms with Gasteiger partial charge in [-0.15, -0.1) is 0 Å². The van der Waals surface area contributed by atoms with Gasteiger partial charge in [0.1, 0.15) is 41.6 Å². The van der Waals surface area contributed by atoms with Crippen molar-refractivity contribution in [1.82, 2.24) is 24.2 Å². The first-order valence-electron chi connectivity index (χ1n) is 21.0. The van der Waals surface area contributed by atoms with Crippen LogP contribution < -0.4 is 14.8 Å². The molecule has 0 aliphatic carbocycles. The summed E-state index contributed by atoms with van der Waals surface area (Å²) in [6.07, 6.45) is 0.205. The number of benzene rings is 4. The fourth-order valence-corrected chi connectivity index (χ4v) is 9.74. The van der Waals surface area contributed by atoms with Gasteiger partial charge in [0, 0.05) is 17.6 Å². The van der Waals surface area contributed by atoms with Crippen LogP contribution in [0.1, 0.15) is 67.4 Å². The average molecular weight is 883 g/mol. The summed E-state index contributed by atoms with van der Waals surface area (Å²) >= 11 is 0. The SMILES string of the molecule is COc1ccc(C(OC[C@H]2O[C@@H](n3cnc4c(NC(=O)c5ccccc5)ncnc43)[C@H](C#N)[C@@H]2OP(OCCC#N)N(C(C)C)C(C)C)(c2ccccc2)c2ccc(OC)cc2)cc1. The number of imidazole rings is 1. The zero-order chi connectivity index (χ0) is 45.2. The van der Waals surface area contributed by atoms with Crippen molar-refractivity contribution >= 4 is 31.4 Å². The van der Waals surface area contributed by atoms with E-state index in [1.54, 1.807) is 43.1 Å². The monoisotopic (exact) mass is 882 g/mol. The number of nitrogens with zero attached hydrogens (tertiary/aromatic N) is 7. The minimum atomic E-state index is -1.84. The van der Waals surface area contributed by atoms with E-state index in [0.29, 0.717) is 28.2 Å². The van der Waals surface area contributed by atoms with Crippen molar-refractivity contribution in [2.24, 2.45) is 5.92 Å². The van der Waals surface area contributed by atoms with Gasteiger partial charge in [0.15, 0.2) is 23.2 Å². The Morgan fingerprint density at radius 1 is 0.844 bits per heavy atom. The molecule has 0 saturated carbocycles. The third-order valence-electron chi connectivity index (χ3n) is 10.9. The Morgan fingerprint density at radius 3 is 2.00 bits per heavy atom. The third kappa shape index (κ3) is 9.61. The molecular formula is C48H51N8O7P. The van der Waals surface area contributed by atoms with Crippen LogP contribution in [0.2, 0.25) is 0 Å². The largest absolute Gasteiger partial charge is 0.497 e. The van der Waals surface area contributed by atoms with Crippen LogP contribution in [-0.2, 0) is 24.1 Å². The Hall–Kier alpha value is -6.29. The van der Waals surface area contributed by atoms with Gasteiger partial charge in [0.05, 0.1) is 52.3 Å². The number of hydrogen-bond acceptors (Lipinski definition) is 13. The molecule has 1 aliphatic rings. The Morgan fingerprint density at radius 2 is 1.44 bits per heavy atom. The molecule has 6 aromatic rings. The lowest BCUT2D eigenvalue weighted by molar-refractivity contribution is -0.0915. The Bertz CT molecular complexity index is 2490. The van der Waals surface area contributed by atoms with E-state index in [1.165, 1.54) is 12.7 Å². The van der Waals surface area contributed by atoms with Crippen LogP contribution >= 0.6 is 8.53 Å². The molecule has 1 fully saturated rings. The number of aromatic nitrogens is 4. The number of amides is 1. The molecule has 330 valence electrons. The molecule has 0 bridgehead atoms. The predicted octanol–water partition coefficient (Wildman–Crippen LogP) is 8.80. The van der Waals surface area contributed by atoms with Crippen molar-refractivity contribution in [3.05, 3.63) is 144 Å². The number of methoxy groups -OCH3 is 2. The van der Waals surface area contributed by atoms with Gasteiger partial charge >= 0.3 is 0 Å². The predicted molar refractivity (Wildman–Crippen MR) is 241 cm³/mol. The molecule has 0 radical (unpaired) electrons. The number of nitriles is 2. The van der Waals surface area contributed by atoms with E-state index in [0.717, 1.165) is 16.7 Å². The van der Waals surface area contributed by atoms with Crippen LogP contribution in [0.3, 0.4) is 0 Å². The van der Waals surface area contributed by atoms with Crippen LogP contribution in [0.5, 0.6) is 11.5 Å². The molecule has 7 rings (SSSR count). The molecule has 0 spiro atoms. The number of fused-ring (bicyclic) bond motifs is 1. The zero-order valence-electron chi connectivity index (χ0n) is 36.6. The van der Waals surface area contributed by atoms with Crippen LogP contribution in [0, 0.1) is 28.6 Å². The number of anilines is 1. The quantitative estimate of drug-likeness (QED) is 0.0464. The number of carbonyl (C=O) groups is 1. The van der Waals surface area contributed by atoms with Crippen LogP contribution in [0.25, 0.3) is 11.2 Å². The molecule has 16 heteroatoms. The van der Waals surface area contributed by atoms with E-state index < -0.39 is 38.5 Å². The topological polar surface area (TPSA) is 179 Å². The summed E-state index contributed by atoms with van der Waals surface area (Å²) in [6.45, 7) is 8.24. The molecule has 1 aliphatic heterocycles. The normalized spacial score (nSPS) is 17.9. The van der Waals surface area contributed by atoms with Gasteiger partial charge < -0.3 is 33.3 Å². The summed E-state index contributed by atoms with van der Waals surface area (Å²) in [6, 6.07) is 38.7. The third-order valence-corrected chi connectivity index (χ3v) is 13.0. The second-order valence-corrected chi connectivity index (χ2v) is 16.9. The van der Waals surface area contributed by atoms with Crippen molar-refractivity contribution in [2.75, 3.05) is 32.8 Å². The van der Waals surface area contributed by atoms with Gasteiger partial charge in [-0.1, -0.05) is 72.8 Å². The number of ether oxygens (including phenoxy) is 4. The average Bonchev–Trinajstić information content (AvgIpc) is 3.91. The molecule has 3 heterocycles. The van der Waals surface area contributed by atoms with Crippen molar-refractivity contribution in [1.29, 1.82) is 10.5 Å². The molecule has 64 heavy (non-hydrogen) atoms. The van der Waals surface area contributed by atoms with Crippen LogP contribution in [0.4, 0.5) is 5.82 Å². The fraction of sp³-hybridized carbons (Fsp3) is 0.333. The summed E-state index contributed by atoms with van der Waals surface area (Å²) < 4.78 is 42.6.